The lowest BCUT2D eigenvalue weighted by Gasteiger charge is -2.09. The molecule has 2 rings (SSSR count). The molecule has 0 aliphatic carbocycles. The lowest BCUT2D eigenvalue weighted by atomic mass is 10.2. The maximum atomic E-state index is 12.6. The highest BCUT2D eigenvalue weighted by atomic mass is 32.1. The van der Waals surface area contributed by atoms with Crippen molar-refractivity contribution in [2.24, 2.45) is 0 Å². The van der Waals surface area contributed by atoms with Gasteiger partial charge in [-0.25, -0.2) is 9.78 Å². The molecule has 2 amide bonds. The largest absolute Gasteiger partial charge is 0.416 e. The van der Waals surface area contributed by atoms with Gasteiger partial charge in [0.1, 0.15) is 0 Å². The lowest BCUT2D eigenvalue weighted by molar-refractivity contribution is -0.137. The summed E-state index contributed by atoms with van der Waals surface area (Å²) in [4.78, 5) is 27.6. The number of halogens is 3. The van der Waals surface area contributed by atoms with Crippen molar-refractivity contribution in [3.8, 4) is 0 Å². The number of benzene rings is 1. The van der Waals surface area contributed by atoms with Gasteiger partial charge in [-0.3, -0.25) is 10.1 Å². The normalized spacial score (nSPS) is 11.2. The monoisotopic (exact) mass is 343 g/mol. The topological polar surface area (TPSA) is 71.1 Å². The van der Waals surface area contributed by atoms with E-state index in [0.29, 0.717) is 10.6 Å². The fraction of sp³-hybridized carbons (Fsp3) is 0.214. The van der Waals surface area contributed by atoms with Gasteiger partial charge in [0, 0.05) is 12.6 Å². The molecular weight excluding hydrogens is 331 g/mol. The molecule has 1 aromatic heterocycles. The number of hydrogen-bond acceptors (Lipinski definition) is 4. The molecule has 122 valence electrons. The minimum Gasteiger partial charge on any atom is -0.308 e. The maximum Gasteiger partial charge on any atom is 0.416 e. The summed E-state index contributed by atoms with van der Waals surface area (Å²) >= 11 is 1.00. The van der Waals surface area contributed by atoms with E-state index in [2.05, 4.69) is 15.6 Å². The Balaban J connectivity index is 2.08. The highest BCUT2D eigenvalue weighted by Crippen LogP contribution is 2.30. The van der Waals surface area contributed by atoms with Crippen LogP contribution in [-0.2, 0) is 6.18 Å². The Morgan fingerprint density at radius 1 is 1.22 bits per heavy atom. The highest BCUT2D eigenvalue weighted by molar-refractivity contribution is 7.17. The molecule has 0 saturated heterocycles. The van der Waals surface area contributed by atoms with E-state index >= 15 is 0 Å². The number of aromatic nitrogens is 1. The molecule has 9 heteroatoms. The van der Waals surface area contributed by atoms with E-state index < -0.39 is 17.8 Å². The second kappa shape index (κ2) is 6.37. The van der Waals surface area contributed by atoms with Gasteiger partial charge >= 0.3 is 12.2 Å². The number of anilines is 2. The predicted octanol–water partition coefficient (Wildman–Crippen LogP) is 4.32. The zero-order valence-electron chi connectivity index (χ0n) is 12.1. The quantitative estimate of drug-likeness (QED) is 0.816. The van der Waals surface area contributed by atoms with Crippen LogP contribution in [-0.4, -0.2) is 16.8 Å². The molecule has 0 aliphatic heterocycles. The average molecular weight is 343 g/mol. The van der Waals surface area contributed by atoms with E-state index in [1.54, 1.807) is 6.92 Å². The van der Waals surface area contributed by atoms with E-state index in [-0.39, 0.29) is 16.6 Å². The third-order valence-electron chi connectivity index (χ3n) is 2.78. The van der Waals surface area contributed by atoms with Crippen LogP contribution in [0.3, 0.4) is 0 Å². The Morgan fingerprint density at radius 2 is 1.91 bits per heavy atom. The molecule has 0 saturated carbocycles. The summed E-state index contributed by atoms with van der Waals surface area (Å²) in [6.07, 6.45) is -4.49. The summed E-state index contributed by atoms with van der Waals surface area (Å²) in [6, 6.07) is 3.52. The van der Waals surface area contributed by atoms with E-state index in [1.807, 2.05) is 0 Å². The number of thiazole rings is 1. The van der Waals surface area contributed by atoms with Gasteiger partial charge in [0.25, 0.3) is 0 Å². The second-order valence-electron chi connectivity index (χ2n) is 4.65. The van der Waals surface area contributed by atoms with Gasteiger partial charge in [-0.2, -0.15) is 13.2 Å². The van der Waals surface area contributed by atoms with Crippen LogP contribution in [0.2, 0.25) is 0 Å². The van der Waals surface area contributed by atoms with Gasteiger partial charge in [0.15, 0.2) is 10.9 Å². The molecule has 0 unspecified atom stereocenters. The van der Waals surface area contributed by atoms with Gasteiger partial charge in [-0.05, 0) is 25.1 Å². The highest BCUT2D eigenvalue weighted by Gasteiger charge is 2.30. The fourth-order valence-corrected chi connectivity index (χ4v) is 2.67. The van der Waals surface area contributed by atoms with Crippen molar-refractivity contribution >= 4 is 34.0 Å². The van der Waals surface area contributed by atoms with Crippen LogP contribution in [0.25, 0.3) is 0 Å². The van der Waals surface area contributed by atoms with Crippen molar-refractivity contribution in [3.05, 3.63) is 40.4 Å². The fourth-order valence-electron chi connectivity index (χ4n) is 1.81. The average Bonchev–Trinajstić information content (AvgIpc) is 2.78. The van der Waals surface area contributed by atoms with Crippen LogP contribution in [0, 0.1) is 6.92 Å². The summed E-state index contributed by atoms with van der Waals surface area (Å²) in [6.45, 7) is 3.01. The van der Waals surface area contributed by atoms with E-state index in [4.69, 9.17) is 0 Å². The number of nitrogens with zero attached hydrogens (tertiary/aromatic N) is 1. The number of ketones is 1. The van der Waals surface area contributed by atoms with Crippen molar-refractivity contribution in [2.45, 2.75) is 20.0 Å². The number of rotatable bonds is 3. The van der Waals surface area contributed by atoms with Crippen LogP contribution in [0.5, 0.6) is 0 Å². The number of urea groups is 1. The van der Waals surface area contributed by atoms with Gasteiger partial charge in [0.05, 0.1) is 16.1 Å². The number of carbonyl (C=O) groups is 2. The summed E-state index contributed by atoms with van der Waals surface area (Å²) in [5.41, 5.74) is -0.381. The smallest absolute Gasteiger partial charge is 0.308 e. The molecule has 1 aromatic carbocycles. The van der Waals surface area contributed by atoms with Crippen LogP contribution < -0.4 is 10.6 Å². The molecule has 0 radical (unpaired) electrons. The number of alkyl halides is 3. The Kier molecular flexibility index (Phi) is 4.69. The van der Waals surface area contributed by atoms with E-state index in [1.165, 1.54) is 19.1 Å². The van der Waals surface area contributed by atoms with Crippen LogP contribution in [0.1, 0.15) is 27.9 Å². The van der Waals surface area contributed by atoms with Crippen molar-refractivity contribution in [1.82, 2.24) is 4.98 Å². The maximum absolute atomic E-state index is 12.6. The SMILES string of the molecule is CC(=O)c1sc(NC(=O)Nc2cccc(C(F)(F)F)c2)nc1C. The van der Waals surface area contributed by atoms with Crippen molar-refractivity contribution in [3.63, 3.8) is 0 Å². The Hall–Kier alpha value is -2.42. The molecule has 23 heavy (non-hydrogen) atoms. The zero-order valence-corrected chi connectivity index (χ0v) is 12.9. The second-order valence-corrected chi connectivity index (χ2v) is 5.65. The van der Waals surface area contributed by atoms with Crippen LogP contribution in [0.15, 0.2) is 24.3 Å². The first kappa shape index (κ1) is 16.9. The number of carbonyl (C=O) groups excluding carboxylic acids is 2. The Morgan fingerprint density at radius 3 is 2.48 bits per heavy atom. The third-order valence-corrected chi connectivity index (χ3v) is 3.96. The molecular formula is C14H12F3N3O2S. The zero-order chi connectivity index (χ0) is 17.2. The van der Waals surface area contributed by atoms with Crippen LogP contribution in [0.4, 0.5) is 28.8 Å². The first-order valence-electron chi connectivity index (χ1n) is 6.40. The third kappa shape index (κ3) is 4.28. The summed E-state index contributed by atoms with van der Waals surface area (Å²) < 4.78 is 37.8. The minimum atomic E-state index is -4.49. The van der Waals surface area contributed by atoms with Crippen molar-refractivity contribution in [2.75, 3.05) is 10.6 Å². The molecule has 1 heterocycles. The van der Waals surface area contributed by atoms with E-state index in [9.17, 15) is 22.8 Å². The number of amides is 2. The first-order chi connectivity index (χ1) is 10.7. The Bertz CT molecular complexity index is 756. The lowest BCUT2D eigenvalue weighted by Crippen LogP contribution is -2.19. The molecule has 5 nitrogen and oxygen atoms in total. The van der Waals surface area contributed by atoms with E-state index in [0.717, 1.165) is 23.5 Å². The number of Topliss-reactive ketones (excluding diaryl/α,β-unsaturated/α-hetero) is 1. The first-order valence-corrected chi connectivity index (χ1v) is 7.22. The molecule has 0 spiro atoms. The molecule has 0 atom stereocenters. The molecule has 0 aliphatic rings. The Labute approximate surface area is 133 Å². The summed E-state index contributed by atoms with van der Waals surface area (Å²) in [5, 5.41) is 4.87. The number of hydrogen-bond donors (Lipinski definition) is 2. The molecule has 0 fully saturated rings. The van der Waals surface area contributed by atoms with Gasteiger partial charge in [-0.15, -0.1) is 0 Å². The van der Waals surface area contributed by atoms with Gasteiger partial charge < -0.3 is 5.32 Å². The molecule has 0 bridgehead atoms. The number of nitrogens with one attached hydrogen (secondary N) is 2. The molecule has 2 N–H and O–H groups in total. The summed E-state index contributed by atoms with van der Waals surface area (Å²) in [7, 11) is 0. The van der Waals surface area contributed by atoms with Gasteiger partial charge in [0.2, 0.25) is 0 Å². The standard InChI is InChI=1S/C14H12F3N3O2S/c1-7-11(8(2)21)23-13(18-7)20-12(22)19-10-5-3-4-9(6-10)14(15,16)17/h3-6H,1-2H3,(H2,18,19,20,22). The van der Waals surface area contributed by atoms with Crippen molar-refractivity contribution in [1.29, 1.82) is 0 Å². The van der Waals surface area contributed by atoms with Crippen LogP contribution >= 0.6 is 11.3 Å². The summed E-state index contributed by atoms with van der Waals surface area (Å²) in [5.74, 6) is -0.175. The predicted molar refractivity (Wildman–Crippen MR) is 80.9 cm³/mol. The van der Waals surface area contributed by atoms with Gasteiger partial charge in [-0.1, -0.05) is 17.4 Å². The minimum absolute atomic E-state index is 0.00241. The number of aryl methyl sites for hydroxylation is 1. The molecule has 2 aromatic rings. The van der Waals surface area contributed by atoms with Crippen molar-refractivity contribution < 1.29 is 22.8 Å².